The summed E-state index contributed by atoms with van der Waals surface area (Å²) in [7, 11) is 0. The van der Waals surface area contributed by atoms with Gasteiger partial charge in [-0.2, -0.15) is 0 Å². The van der Waals surface area contributed by atoms with Crippen LogP contribution in [0.4, 0.5) is 5.69 Å². The summed E-state index contributed by atoms with van der Waals surface area (Å²) in [6.45, 7) is 4.44. The number of aryl methyl sites for hydroxylation is 1. The summed E-state index contributed by atoms with van der Waals surface area (Å²) in [5.74, 6) is -0.0151. The number of hydrogen-bond acceptors (Lipinski definition) is 2. The monoisotopic (exact) mass is 282 g/mol. The van der Waals surface area contributed by atoms with Crippen LogP contribution in [-0.2, 0) is 11.2 Å². The van der Waals surface area contributed by atoms with Crippen LogP contribution < -0.4 is 10.6 Å². The van der Waals surface area contributed by atoms with Gasteiger partial charge in [0.25, 0.3) is 0 Å². The van der Waals surface area contributed by atoms with Gasteiger partial charge >= 0.3 is 0 Å². The van der Waals surface area contributed by atoms with Crippen LogP contribution in [0.15, 0.2) is 54.6 Å². The third-order valence-corrected chi connectivity index (χ3v) is 3.54. The highest BCUT2D eigenvalue weighted by atomic mass is 16.1. The fourth-order valence-corrected chi connectivity index (χ4v) is 2.25. The molecule has 2 rings (SSSR count). The molecule has 1 unspecified atom stereocenters. The Morgan fingerprint density at radius 1 is 1.05 bits per heavy atom. The number of carbonyl (C=O) groups is 1. The largest absolute Gasteiger partial charge is 0.325 e. The van der Waals surface area contributed by atoms with Crippen LogP contribution in [0.25, 0.3) is 0 Å². The van der Waals surface area contributed by atoms with Crippen molar-refractivity contribution in [2.24, 2.45) is 0 Å². The third-order valence-electron chi connectivity index (χ3n) is 3.54. The van der Waals surface area contributed by atoms with E-state index >= 15 is 0 Å². The predicted octanol–water partition coefficient (Wildman–Crippen LogP) is 3.54. The maximum Gasteiger partial charge on any atom is 0.238 e. The van der Waals surface area contributed by atoms with Crippen LogP contribution in [0.1, 0.15) is 31.0 Å². The summed E-state index contributed by atoms with van der Waals surface area (Å²) < 4.78 is 0. The molecular weight excluding hydrogens is 260 g/mol. The van der Waals surface area contributed by atoms with Crippen molar-refractivity contribution >= 4 is 11.6 Å². The number of anilines is 1. The minimum atomic E-state index is -0.0151. The van der Waals surface area contributed by atoms with E-state index in [1.807, 2.05) is 42.5 Å². The second kappa shape index (κ2) is 7.60. The molecule has 110 valence electrons. The molecule has 0 saturated heterocycles. The second-order valence-corrected chi connectivity index (χ2v) is 5.07. The molecule has 0 saturated carbocycles. The molecule has 0 aliphatic carbocycles. The standard InChI is InChI=1S/C18H22N2O/c1-3-15-9-7-8-12-17(15)20-18(21)13-19-14(2)16-10-5-4-6-11-16/h4-12,14,19H,3,13H2,1-2H3,(H,20,21). The van der Waals surface area contributed by atoms with Crippen LogP contribution in [0.5, 0.6) is 0 Å². The molecule has 0 radical (unpaired) electrons. The molecule has 0 fully saturated rings. The maximum absolute atomic E-state index is 12.0. The van der Waals surface area contributed by atoms with Crippen LogP contribution in [0.2, 0.25) is 0 Å². The van der Waals surface area contributed by atoms with Gasteiger partial charge in [-0.15, -0.1) is 0 Å². The first kappa shape index (κ1) is 15.3. The number of carbonyl (C=O) groups excluding carboxylic acids is 1. The first-order valence-electron chi connectivity index (χ1n) is 7.36. The van der Waals surface area contributed by atoms with Gasteiger partial charge in [-0.3, -0.25) is 4.79 Å². The van der Waals surface area contributed by atoms with Gasteiger partial charge in [0.15, 0.2) is 0 Å². The highest BCUT2D eigenvalue weighted by molar-refractivity contribution is 5.93. The van der Waals surface area contributed by atoms with Crippen molar-refractivity contribution in [2.75, 3.05) is 11.9 Å². The molecule has 0 spiro atoms. The van der Waals surface area contributed by atoms with E-state index in [1.54, 1.807) is 0 Å². The molecule has 0 heterocycles. The van der Waals surface area contributed by atoms with Crippen molar-refractivity contribution in [3.05, 3.63) is 65.7 Å². The number of para-hydroxylation sites is 1. The van der Waals surface area contributed by atoms with Gasteiger partial charge in [0.05, 0.1) is 6.54 Å². The van der Waals surface area contributed by atoms with E-state index in [0.29, 0.717) is 6.54 Å². The topological polar surface area (TPSA) is 41.1 Å². The van der Waals surface area contributed by atoms with E-state index < -0.39 is 0 Å². The van der Waals surface area contributed by atoms with Crippen LogP contribution >= 0.6 is 0 Å². The van der Waals surface area contributed by atoms with E-state index in [4.69, 9.17) is 0 Å². The van der Waals surface area contributed by atoms with E-state index in [0.717, 1.165) is 17.7 Å². The van der Waals surface area contributed by atoms with Crippen molar-refractivity contribution in [2.45, 2.75) is 26.3 Å². The highest BCUT2D eigenvalue weighted by Gasteiger charge is 2.08. The Morgan fingerprint density at radius 3 is 2.43 bits per heavy atom. The Kier molecular flexibility index (Phi) is 5.52. The first-order chi connectivity index (χ1) is 10.2. The zero-order chi connectivity index (χ0) is 15.1. The molecular formula is C18H22N2O. The van der Waals surface area contributed by atoms with Gasteiger partial charge in [0, 0.05) is 11.7 Å². The molecule has 2 N–H and O–H groups in total. The Hall–Kier alpha value is -2.13. The molecule has 0 aliphatic rings. The van der Waals surface area contributed by atoms with Gasteiger partial charge in [0.1, 0.15) is 0 Å². The Balaban J connectivity index is 1.88. The number of amides is 1. The maximum atomic E-state index is 12.0. The number of nitrogens with one attached hydrogen (secondary N) is 2. The van der Waals surface area contributed by atoms with Crippen molar-refractivity contribution in [1.29, 1.82) is 0 Å². The Morgan fingerprint density at radius 2 is 1.71 bits per heavy atom. The molecule has 2 aromatic carbocycles. The molecule has 1 atom stereocenters. The fourth-order valence-electron chi connectivity index (χ4n) is 2.25. The van der Waals surface area contributed by atoms with Crippen LogP contribution in [0.3, 0.4) is 0 Å². The van der Waals surface area contributed by atoms with Gasteiger partial charge in [-0.05, 0) is 30.5 Å². The molecule has 2 aromatic rings. The van der Waals surface area contributed by atoms with E-state index in [-0.39, 0.29) is 11.9 Å². The average Bonchev–Trinajstić information content (AvgIpc) is 2.54. The van der Waals surface area contributed by atoms with Crippen molar-refractivity contribution in [3.63, 3.8) is 0 Å². The lowest BCUT2D eigenvalue weighted by Gasteiger charge is -2.15. The molecule has 3 nitrogen and oxygen atoms in total. The van der Waals surface area contributed by atoms with Gasteiger partial charge in [-0.25, -0.2) is 0 Å². The molecule has 1 amide bonds. The van der Waals surface area contributed by atoms with Crippen molar-refractivity contribution in [1.82, 2.24) is 5.32 Å². The third kappa shape index (κ3) is 4.43. The summed E-state index contributed by atoms with van der Waals surface area (Å²) in [5.41, 5.74) is 3.24. The molecule has 21 heavy (non-hydrogen) atoms. The first-order valence-corrected chi connectivity index (χ1v) is 7.36. The summed E-state index contributed by atoms with van der Waals surface area (Å²) in [6.07, 6.45) is 0.907. The van der Waals surface area contributed by atoms with E-state index in [9.17, 15) is 4.79 Å². The smallest absolute Gasteiger partial charge is 0.238 e. The number of hydrogen-bond donors (Lipinski definition) is 2. The fraction of sp³-hybridized carbons (Fsp3) is 0.278. The summed E-state index contributed by atoms with van der Waals surface area (Å²) >= 11 is 0. The average molecular weight is 282 g/mol. The zero-order valence-corrected chi connectivity index (χ0v) is 12.6. The predicted molar refractivity (Wildman–Crippen MR) is 87.3 cm³/mol. The molecule has 3 heteroatoms. The van der Waals surface area contributed by atoms with Gasteiger partial charge in [0.2, 0.25) is 5.91 Å². The number of rotatable bonds is 6. The molecule has 0 aliphatic heterocycles. The second-order valence-electron chi connectivity index (χ2n) is 5.07. The Bertz CT molecular complexity index is 581. The van der Waals surface area contributed by atoms with Crippen LogP contribution in [0, 0.1) is 0 Å². The summed E-state index contributed by atoms with van der Waals surface area (Å²) in [6, 6.07) is 18.2. The molecule has 0 bridgehead atoms. The SMILES string of the molecule is CCc1ccccc1NC(=O)CNC(C)c1ccccc1. The lowest BCUT2D eigenvalue weighted by atomic mass is 10.1. The summed E-state index contributed by atoms with van der Waals surface area (Å²) in [4.78, 5) is 12.0. The van der Waals surface area contributed by atoms with E-state index in [2.05, 4.69) is 36.6 Å². The van der Waals surface area contributed by atoms with E-state index in [1.165, 1.54) is 5.56 Å². The molecule has 0 aromatic heterocycles. The Labute approximate surface area is 126 Å². The van der Waals surface area contributed by atoms with Gasteiger partial charge < -0.3 is 10.6 Å². The van der Waals surface area contributed by atoms with Crippen molar-refractivity contribution < 1.29 is 4.79 Å². The quantitative estimate of drug-likeness (QED) is 0.851. The lowest BCUT2D eigenvalue weighted by Crippen LogP contribution is -2.30. The summed E-state index contributed by atoms with van der Waals surface area (Å²) in [5, 5.41) is 6.21. The minimum Gasteiger partial charge on any atom is -0.325 e. The zero-order valence-electron chi connectivity index (χ0n) is 12.6. The van der Waals surface area contributed by atoms with Crippen molar-refractivity contribution in [3.8, 4) is 0 Å². The normalized spacial score (nSPS) is 11.9. The highest BCUT2D eigenvalue weighted by Crippen LogP contribution is 2.15. The van der Waals surface area contributed by atoms with Crippen LogP contribution in [-0.4, -0.2) is 12.5 Å². The lowest BCUT2D eigenvalue weighted by molar-refractivity contribution is -0.115. The number of benzene rings is 2. The minimum absolute atomic E-state index is 0.0151. The van der Waals surface area contributed by atoms with Gasteiger partial charge in [-0.1, -0.05) is 55.5 Å².